The van der Waals surface area contributed by atoms with Gasteiger partial charge in [-0.15, -0.1) is 11.6 Å². The zero-order chi connectivity index (χ0) is 19.4. The molecular weight excluding hydrogens is 360 g/mol. The van der Waals surface area contributed by atoms with Gasteiger partial charge in [0.25, 0.3) is 0 Å². The largest absolute Gasteiger partial charge is 0.466 e. The fraction of sp³-hybridized carbons (Fsp3) is 0.833. The summed E-state index contributed by atoms with van der Waals surface area (Å²) in [6.07, 6.45) is 3.22. The number of carbonyl (C=O) groups is 3. The van der Waals surface area contributed by atoms with Crippen LogP contribution in [0.5, 0.6) is 0 Å². The van der Waals surface area contributed by atoms with Crippen molar-refractivity contribution in [1.29, 1.82) is 0 Å². The number of amides is 1. The molecule has 8 heteroatoms. The second-order valence-electron chi connectivity index (χ2n) is 6.32. The van der Waals surface area contributed by atoms with Crippen LogP contribution in [-0.2, 0) is 23.9 Å². The van der Waals surface area contributed by atoms with Crippen molar-refractivity contribution in [3.05, 3.63) is 0 Å². The number of alkyl halides is 1. The van der Waals surface area contributed by atoms with Crippen LogP contribution >= 0.6 is 11.6 Å². The Balaban J connectivity index is 0.000000273. The first kappa shape index (κ1) is 22.7. The Morgan fingerprint density at radius 2 is 1.38 bits per heavy atom. The smallest absolute Gasteiger partial charge is 0.309 e. The van der Waals surface area contributed by atoms with Gasteiger partial charge in [-0.2, -0.15) is 0 Å². The summed E-state index contributed by atoms with van der Waals surface area (Å²) < 4.78 is 9.85. The van der Waals surface area contributed by atoms with E-state index >= 15 is 0 Å². The number of hydrogen-bond acceptors (Lipinski definition) is 6. The molecular formula is C18H31ClN2O5. The first-order valence-corrected chi connectivity index (χ1v) is 9.94. The van der Waals surface area contributed by atoms with E-state index in [1.54, 1.807) is 11.8 Å². The number of halogens is 1. The molecule has 0 radical (unpaired) electrons. The molecule has 7 nitrogen and oxygen atoms in total. The summed E-state index contributed by atoms with van der Waals surface area (Å²) >= 11 is 5.45. The summed E-state index contributed by atoms with van der Waals surface area (Å²) in [5.41, 5.74) is 0. The van der Waals surface area contributed by atoms with Crippen LogP contribution in [0.25, 0.3) is 0 Å². The quantitative estimate of drug-likeness (QED) is 0.566. The summed E-state index contributed by atoms with van der Waals surface area (Å²) in [4.78, 5) is 35.5. The van der Waals surface area contributed by atoms with Crippen molar-refractivity contribution in [2.75, 3.05) is 45.3 Å². The first-order valence-electron chi connectivity index (χ1n) is 9.41. The molecule has 1 amide bonds. The summed E-state index contributed by atoms with van der Waals surface area (Å²) in [5, 5.41) is 3.20. The Bertz CT molecular complexity index is 447. The predicted molar refractivity (Wildman–Crippen MR) is 98.9 cm³/mol. The van der Waals surface area contributed by atoms with Crippen LogP contribution in [0, 0.1) is 11.8 Å². The predicted octanol–water partition coefficient (Wildman–Crippen LogP) is 1.58. The van der Waals surface area contributed by atoms with E-state index in [4.69, 9.17) is 21.1 Å². The standard InChI is InChI=1S/C10H16ClNO3.C8H15NO2/c1-2-15-10(14)8-3-5-12(6-4-8)9(13)7-11;1-2-11-8(10)7-3-5-9-6-4-7/h8H,2-7H2,1H3;7,9H,2-6H2,1H3. The molecule has 2 aliphatic heterocycles. The molecule has 0 bridgehead atoms. The number of carbonyl (C=O) groups excluding carboxylic acids is 3. The van der Waals surface area contributed by atoms with Crippen molar-refractivity contribution in [2.45, 2.75) is 39.5 Å². The summed E-state index contributed by atoms with van der Waals surface area (Å²) in [6, 6.07) is 0. The highest BCUT2D eigenvalue weighted by atomic mass is 35.5. The van der Waals surface area contributed by atoms with E-state index in [1.165, 1.54) is 0 Å². The van der Waals surface area contributed by atoms with Crippen LogP contribution in [0.3, 0.4) is 0 Å². The van der Waals surface area contributed by atoms with E-state index in [1.807, 2.05) is 6.92 Å². The maximum atomic E-state index is 11.4. The topological polar surface area (TPSA) is 84.9 Å². The molecule has 150 valence electrons. The third kappa shape index (κ3) is 7.91. The highest BCUT2D eigenvalue weighted by molar-refractivity contribution is 6.27. The monoisotopic (exact) mass is 390 g/mol. The van der Waals surface area contributed by atoms with E-state index in [2.05, 4.69) is 5.32 Å². The lowest BCUT2D eigenvalue weighted by Gasteiger charge is -2.30. The fourth-order valence-electron chi connectivity index (χ4n) is 3.03. The minimum Gasteiger partial charge on any atom is -0.466 e. The van der Waals surface area contributed by atoms with Crippen LogP contribution in [0.4, 0.5) is 0 Å². The second-order valence-corrected chi connectivity index (χ2v) is 6.58. The average molecular weight is 391 g/mol. The second kappa shape index (κ2) is 12.9. The van der Waals surface area contributed by atoms with Gasteiger partial charge in [0.05, 0.1) is 25.0 Å². The molecule has 0 atom stereocenters. The van der Waals surface area contributed by atoms with Crippen molar-refractivity contribution >= 4 is 29.4 Å². The molecule has 0 saturated carbocycles. The molecule has 2 saturated heterocycles. The van der Waals surface area contributed by atoms with Gasteiger partial charge >= 0.3 is 11.9 Å². The van der Waals surface area contributed by atoms with Crippen LogP contribution in [0.1, 0.15) is 39.5 Å². The number of hydrogen-bond donors (Lipinski definition) is 1. The SMILES string of the molecule is CCOC(=O)C1CCN(C(=O)CCl)CC1.CCOC(=O)C1CCNCC1. The molecule has 0 unspecified atom stereocenters. The fourth-order valence-corrected chi connectivity index (χ4v) is 3.20. The molecule has 2 rings (SSSR count). The lowest BCUT2D eigenvalue weighted by Crippen LogP contribution is -2.41. The van der Waals surface area contributed by atoms with E-state index in [0.717, 1.165) is 25.9 Å². The zero-order valence-electron chi connectivity index (χ0n) is 15.8. The van der Waals surface area contributed by atoms with Crippen LogP contribution in [-0.4, -0.2) is 68.0 Å². The third-order valence-electron chi connectivity index (χ3n) is 4.54. The Hall–Kier alpha value is -1.34. The molecule has 0 aliphatic carbocycles. The van der Waals surface area contributed by atoms with Gasteiger partial charge in [0, 0.05) is 13.1 Å². The maximum Gasteiger partial charge on any atom is 0.309 e. The molecule has 0 aromatic carbocycles. The highest BCUT2D eigenvalue weighted by Gasteiger charge is 2.27. The summed E-state index contributed by atoms with van der Waals surface area (Å²) in [6.45, 7) is 7.67. The van der Waals surface area contributed by atoms with Crippen LogP contribution in [0.2, 0.25) is 0 Å². The molecule has 2 fully saturated rings. The van der Waals surface area contributed by atoms with Crippen molar-refractivity contribution in [1.82, 2.24) is 10.2 Å². The first-order chi connectivity index (χ1) is 12.5. The van der Waals surface area contributed by atoms with Gasteiger partial charge in [0.1, 0.15) is 5.88 Å². The number of nitrogens with one attached hydrogen (secondary N) is 1. The van der Waals surface area contributed by atoms with E-state index < -0.39 is 0 Å². The van der Waals surface area contributed by atoms with Gasteiger partial charge in [0.15, 0.2) is 0 Å². The molecule has 26 heavy (non-hydrogen) atoms. The summed E-state index contributed by atoms with van der Waals surface area (Å²) in [7, 11) is 0. The molecule has 0 aromatic heterocycles. The van der Waals surface area contributed by atoms with Crippen molar-refractivity contribution in [3.63, 3.8) is 0 Å². The molecule has 0 aromatic rings. The number of ether oxygens (including phenoxy) is 2. The van der Waals surface area contributed by atoms with Gasteiger partial charge < -0.3 is 19.7 Å². The minimum absolute atomic E-state index is 0.0179. The van der Waals surface area contributed by atoms with Gasteiger partial charge in [-0.1, -0.05) is 0 Å². The van der Waals surface area contributed by atoms with E-state index in [0.29, 0.717) is 39.1 Å². The van der Waals surface area contributed by atoms with Gasteiger partial charge in [-0.05, 0) is 52.6 Å². The maximum absolute atomic E-state index is 11.4. The highest BCUT2D eigenvalue weighted by Crippen LogP contribution is 2.18. The Morgan fingerprint density at radius 1 is 0.923 bits per heavy atom. The van der Waals surface area contributed by atoms with Crippen molar-refractivity contribution in [3.8, 4) is 0 Å². The number of nitrogens with zero attached hydrogens (tertiary/aromatic N) is 1. The van der Waals surface area contributed by atoms with Crippen LogP contribution in [0.15, 0.2) is 0 Å². The Morgan fingerprint density at radius 3 is 1.81 bits per heavy atom. The lowest BCUT2D eigenvalue weighted by atomic mass is 9.97. The summed E-state index contributed by atoms with van der Waals surface area (Å²) in [5.74, 6) is -0.103. The molecule has 2 heterocycles. The van der Waals surface area contributed by atoms with E-state index in [-0.39, 0.29) is 35.6 Å². The zero-order valence-corrected chi connectivity index (χ0v) is 16.6. The van der Waals surface area contributed by atoms with Gasteiger partial charge in [0.2, 0.25) is 5.91 Å². The van der Waals surface area contributed by atoms with E-state index in [9.17, 15) is 14.4 Å². The number of likely N-dealkylation sites (tertiary alicyclic amines) is 1. The van der Waals surface area contributed by atoms with Gasteiger partial charge in [-0.25, -0.2) is 0 Å². The number of rotatable bonds is 5. The van der Waals surface area contributed by atoms with Crippen LogP contribution < -0.4 is 5.32 Å². The van der Waals surface area contributed by atoms with Gasteiger partial charge in [-0.3, -0.25) is 14.4 Å². The normalized spacial score (nSPS) is 18.5. The molecule has 0 spiro atoms. The van der Waals surface area contributed by atoms with Crippen molar-refractivity contribution < 1.29 is 23.9 Å². The molecule has 2 aliphatic rings. The average Bonchev–Trinajstić information content (AvgIpc) is 2.69. The minimum atomic E-state index is -0.143. The Labute approximate surface area is 160 Å². The number of esters is 2. The lowest BCUT2D eigenvalue weighted by molar-refractivity contribution is -0.151. The third-order valence-corrected chi connectivity index (χ3v) is 4.77. The molecule has 1 N–H and O–H groups in total. The number of piperidine rings is 2. The Kier molecular flexibility index (Phi) is 11.3. The van der Waals surface area contributed by atoms with Crippen molar-refractivity contribution in [2.24, 2.45) is 11.8 Å².